The highest BCUT2D eigenvalue weighted by Crippen LogP contribution is 2.32. The maximum absolute atomic E-state index is 11.9. The average molecular weight is 420 g/mol. The van der Waals surface area contributed by atoms with Gasteiger partial charge in [-0.2, -0.15) is 0 Å². The van der Waals surface area contributed by atoms with Crippen LogP contribution in [0.25, 0.3) is 11.1 Å². The van der Waals surface area contributed by atoms with Crippen LogP contribution in [0.3, 0.4) is 0 Å². The molecule has 0 heterocycles. The van der Waals surface area contributed by atoms with Gasteiger partial charge in [-0.15, -0.1) is 14.9 Å². The number of unbranched alkanes of at least 4 members (excludes halogenated alkanes) is 1. The molecule has 0 spiro atoms. The summed E-state index contributed by atoms with van der Waals surface area (Å²) in [6.07, 6.45) is 1.67. The fourth-order valence-corrected chi connectivity index (χ4v) is 2.90. The lowest BCUT2D eigenvalue weighted by molar-refractivity contribution is -0.257. The minimum Gasteiger partial charge on any atom is -0.444 e. The second-order valence-corrected chi connectivity index (χ2v) is 8.06. The van der Waals surface area contributed by atoms with E-state index in [2.05, 4.69) is 23.3 Å². The van der Waals surface area contributed by atoms with Crippen molar-refractivity contribution in [3.05, 3.63) is 48.5 Å². The second-order valence-electron chi connectivity index (χ2n) is 7.32. The Bertz CT molecular complexity index is 763. The van der Waals surface area contributed by atoms with Crippen LogP contribution in [-0.2, 0) is 14.1 Å². The predicted molar refractivity (Wildman–Crippen MR) is 116 cm³/mol. The molecule has 158 valence electrons. The van der Waals surface area contributed by atoms with Crippen LogP contribution in [-0.4, -0.2) is 18.2 Å². The molecular weight excluding hydrogens is 390 g/mol. The molecule has 2 aromatic rings. The molecule has 0 aromatic heterocycles. The van der Waals surface area contributed by atoms with Gasteiger partial charge in [0, 0.05) is 17.1 Å². The number of hydrogen-bond donors (Lipinski definition) is 3. The van der Waals surface area contributed by atoms with Crippen LogP contribution < -0.4 is 16.3 Å². The van der Waals surface area contributed by atoms with E-state index in [-0.39, 0.29) is 0 Å². The minimum atomic E-state index is -0.539. The van der Waals surface area contributed by atoms with Crippen LogP contribution in [0, 0.1) is 0 Å². The number of benzene rings is 2. The average Bonchev–Trinajstić information content (AvgIpc) is 2.67. The topological polar surface area (TPSA) is 80.9 Å². The summed E-state index contributed by atoms with van der Waals surface area (Å²) in [7, 11) is 0. The number of amides is 1. The van der Waals surface area contributed by atoms with Gasteiger partial charge in [-0.1, -0.05) is 43.7 Å². The predicted octanol–water partition coefficient (Wildman–Crippen LogP) is 5.47. The number of hydrazine groups is 1. The maximum Gasteiger partial charge on any atom is 0.412 e. The number of carbonyl (C=O) groups is 1. The number of carbonyl (C=O) groups excluding carboxylic acids is 1. The zero-order chi connectivity index (χ0) is 21.1. The summed E-state index contributed by atoms with van der Waals surface area (Å²) in [5.41, 5.74) is 7.54. The van der Waals surface area contributed by atoms with Crippen LogP contribution in [0.2, 0.25) is 0 Å². The van der Waals surface area contributed by atoms with E-state index >= 15 is 0 Å². The first-order valence-electron chi connectivity index (χ1n) is 9.56. The van der Waals surface area contributed by atoms with Gasteiger partial charge in [-0.3, -0.25) is 5.32 Å². The Hall–Kier alpha value is -2.10. The summed E-state index contributed by atoms with van der Waals surface area (Å²) >= 11 is 1.11. The Balaban J connectivity index is 1.92. The van der Waals surface area contributed by atoms with Crippen molar-refractivity contribution in [2.75, 3.05) is 11.9 Å². The van der Waals surface area contributed by atoms with Gasteiger partial charge in [-0.25, -0.2) is 10.2 Å². The molecular formula is C21H29N3O4S. The van der Waals surface area contributed by atoms with Crippen LogP contribution >= 0.6 is 12.0 Å². The molecule has 0 aliphatic rings. The van der Waals surface area contributed by atoms with Crippen molar-refractivity contribution < 1.29 is 18.9 Å². The third-order valence-corrected chi connectivity index (χ3v) is 4.33. The number of ether oxygens (including phenoxy) is 1. The fraction of sp³-hybridized carbons (Fsp3) is 0.381. The van der Waals surface area contributed by atoms with Gasteiger partial charge in [-0.05, 0) is 56.5 Å². The normalized spacial score (nSPS) is 11.3. The zero-order valence-corrected chi connectivity index (χ0v) is 18.1. The van der Waals surface area contributed by atoms with Gasteiger partial charge < -0.3 is 4.74 Å². The van der Waals surface area contributed by atoms with Crippen molar-refractivity contribution >= 4 is 23.8 Å². The lowest BCUT2D eigenvalue weighted by Crippen LogP contribution is -2.31. The summed E-state index contributed by atoms with van der Waals surface area (Å²) in [5.74, 6) is 0. The van der Waals surface area contributed by atoms with Crippen LogP contribution in [0.15, 0.2) is 53.4 Å². The number of anilines is 1. The molecule has 3 N–H and O–H groups in total. The highest BCUT2D eigenvalue weighted by atomic mass is 32.2. The van der Waals surface area contributed by atoms with E-state index in [1.54, 1.807) is 0 Å². The Labute approximate surface area is 176 Å². The van der Waals surface area contributed by atoms with Gasteiger partial charge >= 0.3 is 6.09 Å². The second kappa shape index (κ2) is 11.8. The van der Waals surface area contributed by atoms with Crippen LogP contribution in [0.4, 0.5) is 10.5 Å². The number of nitrogens with one attached hydrogen (secondary N) is 3. The molecule has 0 aliphatic carbocycles. The largest absolute Gasteiger partial charge is 0.444 e. The Kier molecular flexibility index (Phi) is 9.43. The van der Waals surface area contributed by atoms with Crippen molar-refractivity contribution in [2.24, 2.45) is 0 Å². The lowest BCUT2D eigenvalue weighted by atomic mass is 10.1. The highest BCUT2D eigenvalue weighted by molar-refractivity contribution is 7.94. The molecule has 8 heteroatoms. The molecule has 0 fully saturated rings. The van der Waals surface area contributed by atoms with Gasteiger partial charge in [0.15, 0.2) is 0 Å². The first kappa shape index (κ1) is 23.2. The van der Waals surface area contributed by atoms with Crippen molar-refractivity contribution in [3.63, 3.8) is 0 Å². The molecule has 0 aliphatic heterocycles. The summed E-state index contributed by atoms with van der Waals surface area (Å²) in [6.45, 7) is 8.39. The summed E-state index contributed by atoms with van der Waals surface area (Å²) in [4.78, 5) is 17.7. The van der Waals surface area contributed by atoms with E-state index in [0.29, 0.717) is 5.69 Å². The molecule has 0 saturated carbocycles. The molecule has 2 aromatic carbocycles. The van der Waals surface area contributed by atoms with E-state index in [0.717, 1.165) is 47.5 Å². The molecule has 2 rings (SSSR count). The van der Waals surface area contributed by atoms with E-state index in [1.807, 2.05) is 69.3 Å². The molecule has 0 radical (unpaired) electrons. The van der Waals surface area contributed by atoms with Crippen molar-refractivity contribution in [1.82, 2.24) is 11.0 Å². The third-order valence-electron chi connectivity index (χ3n) is 3.66. The third kappa shape index (κ3) is 8.84. The van der Waals surface area contributed by atoms with Gasteiger partial charge in [0.25, 0.3) is 0 Å². The molecule has 0 saturated heterocycles. The summed E-state index contributed by atoms with van der Waals surface area (Å²) in [6, 6.07) is 15.3. The van der Waals surface area contributed by atoms with Crippen molar-refractivity contribution in [3.8, 4) is 11.1 Å². The van der Waals surface area contributed by atoms with E-state index < -0.39 is 11.7 Å². The highest BCUT2D eigenvalue weighted by Gasteiger charge is 2.16. The van der Waals surface area contributed by atoms with E-state index in [9.17, 15) is 4.79 Å². The monoisotopic (exact) mass is 419 g/mol. The van der Waals surface area contributed by atoms with Gasteiger partial charge in [0.2, 0.25) is 0 Å². The number of rotatable bonds is 10. The SMILES string of the molecule is CCCCNNOOSc1ccccc1-c1ccc(NC(=O)OC(C)(C)C)cc1. The lowest BCUT2D eigenvalue weighted by Gasteiger charge is -2.19. The maximum atomic E-state index is 11.9. The number of hydrogen-bond acceptors (Lipinski definition) is 7. The van der Waals surface area contributed by atoms with Gasteiger partial charge in [0.05, 0.1) is 12.0 Å². The smallest absolute Gasteiger partial charge is 0.412 e. The quantitative estimate of drug-likeness (QED) is 0.204. The molecule has 29 heavy (non-hydrogen) atoms. The first-order chi connectivity index (χ1) is 13.9. The van der Waals surface area contributed by atoms with E-state index in [4.69, 9.17) is 14.1 Å². The summed E-state index contributed by atoms with van der Waals surface area (Å²) in [5, 5.41) is 2.73. The first-order valence-corrected chi connectivity index (χ1v) is 10.3. The van der Waals surface area contributed by atoms with E-state index in [1.165, 1.54) is 0 Å². The van der Waals surface area contributed by atoms with Crippen LogP contribution in [0.5, 0.6) is 0 Å². The molecule has 0 bridgehead atoms. The fourth-order valence-electron chi connectivity index (χ4n) is 2.35. The summed E-state index contributed by atoms with van der Waals surface area (Å²) < 4.78 is 10.4. The Morgan fingerprint density at radius 2 is 1.79 bits per heavy atom. The molecule has 1 amide bonds. The zero-order valence-electron chi connectivity index (χ0n) is 17.3. The molecule has 0 atom stereocenters. The Morgan fingerprint density at radius 1 is 1.07 bits per heavy atom. The van der Waals surface area contributed by atoms with Gasteiger partial charge in [0.1, 0.15) is 5.60 Å². The van der Waals surface area contributed by atoms with Crippen molar-refractivity contribution in [1.29, 1.82) is 0 Å². The Morgan fingerprint density at radius 3 is 2.48 bits per heavy atom. The molecule has 7 nitrogen and oxygen atoms in total. The minimum absolute atomic E-state index is 0.480. The standard InChI is InChI=1S/C21H29N3O4S/c1-5-6-15-22-24-27-28-29-19-10-8-7-9-18(19)16-11-13-17(14-12-16)23-20(25)26-21(2,3)4/h7-14,22,24H,5-6,15H2,1-4H3,(H,23,25). The van der Waals surface area contributed by atoms with Crippen LogP contribution in [0.1, 0.15) is 40.5 Å². The van der Waals surface area contributed by atoms with Crippen molar-refractivity contribution in [2.45, 2.75) is 51.0 Å². The molecule has 0 unspecified atom stereocenters.